The first-order chi connectivity index (χ1) is 12.5. The van der Waals surface area contributed by atoms with E-state index >= 15 is 0 Å². The Morgan fingerprint density at radius 3 is 1.85 bits per heavy atom. The molecule has 0 saturated heterocycles. The summed E-state index contributed by atoms with van der Waals surface area (Å²) in [6.45, 7) is 5.28. The molecule has 0 spiro atoms. The number of anilines is 1. The van der Waals surface area contributed by atoms with Gasteiger partial charge in [0.15, 0.2) is 5.78 Å². The van der Waals surface area contributed by atoms with Crippen LogP contribution in [0.25, 0.3) is 0 Å². The van der Waals surface area contributed by atoms with Crippen LogP contribution in [-0.2, 0) is 12.4 Å². The monoisotopic (exact) mass is 389 g/mol. The highest BCUT2D eigenvalue weighted by atomic mass is 19.4. The lowest BCUT2D eigenvalue weighted by Gasteiger charge is -2.21. The Bertz CT molecular complexity index is 804. The van der Waals surface area contributed by atoms with Crippen LogP contribution < -0.4 is 4.90 Å². The number of nitrogens with zero attached hydrogens (tertiary/aromatic N) is 1. The summed E-state index contributed by atoms with van der Waals surface area (Å²) in [5.74, 6) is -0.984. The topological polar surface area (TPSA) is 20.3 Å². The average molecular weight is 389 g/mol. The summed E-state index contributed by atoms with van der Waals surface area (Å²) in [6.07, 6.45) is -10.0. The second-order valence-electron chi connectivity index (χ2n) is 5.80. The van der Waals surface area contributed by atoms with Crippen molar-refractivity contribution in [1.82, 2.24) is 0 Å². The number of carbonyl (C=O) groups is 1. The first-order valence-corrected chi connectivity index (χ1v) is 8.17. The van der Waals surface area contributed by atoms with Gasteiger partial charge in [0, 0.05) is 29.9 Å². The zero-order valence-corrected chi connectivity index (χ0v) is 14.6. The fourth-order valence-electron chi connectivity index (χ4n) is 2.72. The van der Waals surface area contributed by atoms with E-state index < -0.39 is 34.8 Å². The van der Waals surface area contributed by atoms with Gasteiger partial charge in [-0.3, -0.25) is 4.79 Å². The van der Waals surface area contributed by atoms with E-state index in [2.05, 4.69) is 0 Å². The number of alkyl halides is 6. The third-order valence-corrected chi connectivity index (χ3v) is 4.16. The Labute approximate surface area is 152 Å². The lowest BCUT2D eigenvalue weighted by molar-refractivity contribution is -0.143. The molecular formula is C19H17F6NO. The molecule has 0 fully saturated rings. The van der Waals surface area contributed by atoms with Gasteiger partial charge in [-0.05, 0) is 56.3 Å². The third kappa shape index (κ3) is 4.61. The van der Waals surface area contributed by atoms with Crippen LogP contribution in [0, 0.1) is 0 Å². The Morgan fingerprint density at radius 2 is 1.41 bits per heavy atom. The van der Waals surface area contributed by atoms with E-state index in [4.69, 9.17) is 0 Å². The normalized spacial score (nSPS) is 12.1. The van der Waals surface area contributed by atoms with E-state index in [0.29, 0.717) is 25.2 Å². The summed E-state index contributed by atoms with van der Waals surface area (Å²) in [7, 11) is 0. The molecule has 146 valence electrons. The number of benzene rings is 2. The Hall–Kier alpha value is -2.51. The number of rotatable bonds is 5. The molecule has 2 aromatic rings. The quantitative estimate of drug-likeness (QED) is 0.476. The van der Waals surface area contributed by atoms with Crippen LogP contribution in [0.3, 0.4) is 0 Å². The summed E-state index contributed by atoms with van der Waals surface area (Å²) < 4.78 is 77.9. The van der Waals surface area contributed by atoms with Gasteiger partial charge in [0.2, 0.25) is 0 Å². The molecular weight excluding hydrogens is 372 g/mol. The SMILES string of the molecule is CCN(CC)c1ccc(C(=O)c2ccc(C(F)(F)F)cc2C(F)(F)F)cc1. The number of halogens is 6. The van der Waals surface area contributed by atoms with Crippen molar-refractivity contribution >= 4 is 11.5 Å². The minimum Gasteiger partial charge on any atom is -0.372 e. The van der Waals surface area contributed by atoms with Crippen molar-refractivity contribution in [2.75, 3.05) is 18.0 Å². The van der Waals surface area contributed by atoms with Crippen molar-refractivity contribution in [1.29, 1.82) is 0 Å². The van der Waals surface area contributed by atoms with Gasteiger partial charge in [-0.15, -0.1) is 0 Å². The van der Waals surface area contributed by atoms with E-state index in [1.165, 1.54) is 12.1 Å². The minimum atomic E-state index is -5.09. The maximum Gasteiger partial charge on any atom is 0.417 e. The second-order valence-corrected chi connectivity index (χ2v) is 5.80. The molecule has 0 aliphatic rings. The van der Waals surface area contributed by atoms with Crippen LogP contribution in [0.4, 0.5) is 32.0 Å². The molecule has 0 atom stereocenters. The maximum absolute atomic E-state index is 13.2. The molecule has 27 heavy (non-hydrogen) atoms. The van der Waals surface area contributed by atoms with Gasteiger partial charge in [0.05, 0.1) is 11.1 Å². The van der Waals surface area contributed by atoms with Gasteiger partial charge in [0.25, 0.3) is 0 Å². The fraction of sp³-hybridized carbons (Fsp3) is 0.316. The van der Waals surface area contributed by atoms with Crippen LogP contribution in [0.1, 0.15) is 40.9 Å². The van der Waals surface area contributed by atoms with Crippen molar-refractivity contribution in [3.8, 4) is 0 Å². The standard InChI is InChI=1S/C19H17F6NO/c1-3-26(4-2)14-8-5-12(6-9-14)17(27)15-10-7-13(18(20,21)22)11-16(15)19(23,24)25/h5-11H,3-4H2,1-2H3. The first-order valence-electron chi connectivity index (χ1n) is 8.17. The summed E-state index contributed by atoms with van der Waals surface area (Å²) in [5, 5.41) is 0. The van der Waals surface area contributed by atoms with Crippen LogP contribution in [0.5, 0.6) is 0 Å². The molecule has 0 saturated carbocycles. The molecule has 0 heterocycles. The van der Waals surface area contributed by atoms with E-state index in [-0.39, 0.29) is 11.6 Å². The Kier molecular flexibility index (Phi) is 5.87. The molecule has 8 heteroatoms. The molecule has 0 radical (unpaired) electrons. The Morgan fingerprint density at radius 1 is 0.852 bits per heavy atom. The van der Waals surface area contributed by atoms with E-state index in [0.717, 1.165) is 5.69 Å². The molecule has 0 aliphatic heterocycles. The van der Waals surface area contributed by atoms with Gasteiger partial charge >= 0.3 is 12.4 Å². The highest BCUT2D eigenvalue weighted by molar-refractivity contribution is 6.10. The van der Waals surface area contributed by atoms with Gasteiger partial charge in [-0.2, -0.15) is 26.3 Å². The Balaban J connectivity index is 2.46. The largest absolute Gasteiger partial charge is 0.417 e. The van der Waals surface area contributed by atoms with E-state index in [1.807, 2.05) is 18.7 Å². The van der Waals surface area contributed by atoms with Crippen molar-refractivity contribution in [2.45, 2.75) is 26.2 Å². The molecule has 0 N–H and O–H groups in total. The van der Waals surface area contributed by atoms with Crippen LogP contribution in [0.2, 0.25) is 0 Å². The van der Waals surface area contributed by atoms with Crippen LogP contribution >= 0.6 is 0 Å². The highest BCUT2D eigenvalue weighted by Crippen LogP contribution is 2.38. The number of hydrogen-bond donors (Lipinski definition) is 0. The highest BCUT2D eigenvalue weighted by Gasteiger charge is 2.39. The van der Waals surface area contributed by atoms with Crippen LogP contribution in [-0.4, -0.2) is 18.9 Å². The number of ketones is 1. The third-order valence-electron chi connectivity index (χ3n) is 4.16. The summed E-state index contributed by atoms with van der Waals surface area (Å²) >= 11 is 0. The smallest absolute Gasteiger partial charge is 0.372 e. The van der Waals surface area contributed by atoms with Crippen LogP contribution in [0.15, 0.2) is 42.5 Å². The van der Waals surface area contributed by atoms with Gasteiger partial charge in [0.1, 0.15) is 0 Å². The molecule has 2 aromatic carbocycles. The molecule has 2 rings (SSSR count). The lowest BCUT2D eigenvalue weighted by Crippen LogP contribution is -2.21. The van der Waals surface area contributed by atoms with E-state index in [9.17, 15) is 31.1 Å². The fourth-order valence-corrected chi connectivity index (χ4v) is 2.72. The molecule has 0 bridgehead atoms. The summed E-state index contributed by atoms with van der Waals surface area (Å²) in [6, 6.07) is 6.95. The van der Waals surface area contributed by atoms with Gasteiger partial charge in [-0.25, -0.2) is 0 Å². The van der Waals surface area contributed by atoms with Gasteiger partial charge < -0.3 is 4.90 Å². The second kappa shape index (κ2) is 7.62. The van der Waals surface area contributed by atoms with Crippen molar-refractivity contribution < 1.29 is 31.1 Å². The molecule has 0 aliphatic carbocycles. The molecule has 0 amide bonds. The van der Waals surface area contributed by atoms with Gasteiger partial charge in [-0.1, -0.05) is 0 Å². The molecule has 0 unspecified atom stereocenters. The van der Waals surface area contributed by atoms with Crippen molar-refractivity contribution in [3.05, 3.63) is 64.7 Å². The van der Waals surface area contributed by atoms with E-state index in [1.54, 1.807) is 12.1 Å². The average Bonchev–Trinajstić information content (AvgIpc) is 2.61. The zero-order chi connectivity index (χ0) is 20.4. The number of hydrogen-bond acceptors (Lipinski definition) is 2. The number of carbonyl (C=O) groups excluding carboxylic acids is 1. The molecule has 0 aromatic heterocycles. The predicted octanol–water partition coefficient (Wildman–Crippen LogP) is 5.80. The lowest BCUT2D eigenvalue weighted by atomic mass is 9.95. The maximum atomic E-state index is 13.2. The first kappa shape index (κ1) is 20.8. The molecule has 2 nitrogen and oxygen atoms in total. The van der Waals surface area contributed by atoms with Crippen molar-refractivity contribution in [2.24, 2.45) is 0 Å². The zero-order valence-electron chi connectivity index (χ0n) is 14.6. The predicted molar refractivity (Wildman–Crippen MR) is 89.9 cm³/mol. The van der Waals surface area contributed by atoms with Crippen molar-refractivity contribution in [3.63, 3.8) is 0 Å². The minimum absolute atomic E-state index is 0.0303. The summed E-state index contributed by atoms with van der Waals surface area (Å²) in [5.41, 5.74) is -3.11. The summed E-state index contributed by atoms with van der Waals surface area (Å²) in [4.78, 5) is 14.5.